The first-order chi connectivity index (χ1) is 7.11. The largest absolute Gasteiger partial charge is 0.298 e. The molecule has 1 aromatic heterocycles. The molecule has 0 bridgehead atoms. The fourth-order valence-corrected chi connectivity index (χ4v) is 1.83. The van der Waals surface area contributed by atoms with E-state index in [1.165, 1.54) is 0 Å². The van der Waals surface area contributed by atoms with Gasteiger partial charge in [-0.1, -0.05) is 13.8 Å². The number of aromatic nitrogens is 2. The molecule has 84 valence electrons. The van der Waals surface area contributed by atoms with Crippen molar-refractivity contribution in [1.82, 2.24) is 9.78 Å². The second-order valence-corrected chi connectivity index (χ2v) is 5.34. The second kappa shape index (κ2) is 5.95. The lowest BCUT2D eigenvalue weighted by atomic mass is 10.2. The maximum Gasteiger partial charge on any atom is 0.147 e. The van der Waals surface area contributed by atoms with Gasteiger partial charge in [0.25, 0.3) is 0 Å². The SMILES string of the molecule is CCn1cc(CC(=O)CSC(C)C)cn1. The van der Waals surface area contributed by atoms with Crippen molar-refractivity contribution >= 4 is 17.5 Å². The molecule has 0 aliphatic rings. The zero-order valence-corrected chi connectivity index (χ0v) is 10.4. The van der Waals surface area contributed by atoms with Crippen LogP contribution >= 0.6 is 11.8 Å². The summed E-state index contributed by atoms with van der Waals surface area (Å²) in [7, 11) is 0. The van der Waals surface area contributed by atoms with Gasteiger partial charge in [-0.15, -0.1) is 0 Å². The predicted octanol–water partition coefficient (Wildman–Crippen LogP) is 2.16. The van der Waals surface area contributed by atoms with Crippen molar-refractivity contribution in [3.63, 3.8) is 0 Å². The van der Waals surface area contributed by atoms with Crippen molar-refractivity contribution in [2.45, 2.75) is 39.0 Å². The molecule has 0 aromatic carbocycles. The molecule has 1 heterocycles. The first-order valence-corrected chi connectivity index (χ1v) is 6.31. The highest BCUT2D eigenvalue weighted by atomic mass is 32.2. The van der Waals surface area contributed by atoms with E-state index in [4.69, 9.17) is 0 Å². The highest BCUT2D eigenvalue weighted by Crippen LogP contribution is 2.10. The average Bonchev–Trinajstić information content (AvgIpc) is 2.62. The molecule has 0 N–H and O–H groups in total. The molecule has 0 atom stereocenters. The third-order valence-electron chi connectivity index (χ3n) is 1.99. The summed E-state index contributed by atoms with van der Waals surface area (Å²) in [5, 5.41) is 4.66. The van der Waals surface area contributed by atoms with Gasteiger partial charge in [-0.05, 0) is 17.7 Å². The molecule has 0 amide bonds. The van der Waals surface area contributed by atoms with Gasteiger partial charge in [-0.2, -0.15) is 16.9 Å². The Hall–Kier alpha value is -0.770. The molecule has 0 unspecified atom stereocenters. The van der Waals surface area contributed by atoms with Crippen molar-refractivity contribution in [3.05, 3.63) is 18.0 Å². The fourth-order valence-electron chi connectivity index (χ4n) is 1.21. The summed E-state index contributed by atoms with van der Waals surface area (Å²) < 4.78 is 1.85. The lowest BCUT2D eigenvalue weighted by Crippen LogP contribution is -2.07. The maximum atomic E-state index is 11.6. The molecule has 1 rings (SSSR count). The Kier molecular flexibility index (Phi) is 4.88. The summed E-state index contributed by atoms with van der Waals surface area (Å²) in [6.07, 6.45) is 4.24. The summed E-state index contributed by atoms with van der Waals surface area (Å²) in [5.41, 5.74) is 1.02. The number of hydrogen-bond donors (Lipinski definition) is 0. The van der Waals surface area contributed by atoms with E-state index in [9.17, 15) is 4.79 Å². The van der Waals surface area contributed by atoms with Crippen molar-refractivity contribution in [1.29, 1.82) is 0 Å². The lowest BCUT2D eigenvalue weighted by Gasteiger charge is -2.02. The molecule has 4 heteroatoms. The summed E-state index contributed by atoms with van der Waals surface area (Å²) in [5.74, 6) is 0.888. The molecule has 0 saturated heterocycles. The Labute approximate surface area is 95.2 Å². The molecule has 0 aliphatic heterocycles. The maximum absolute atomic E-state index is 11.6. The van der Waals surface area contributed by atoms with E-state index in [-0.39, 0.29) is 5.78 Å². The summed E-state index contributed by atoms with van der Waals surface area (Å²) in [6.45, 7) is 7.10. The number of hydrogen-bond acceptors (Lipinski definition) is 3. The number of carbonyl (C=O) groups is 1. The van der Waals surface area contributed by atoms with Gasteiger partial charge >= 0.3 is 0 Å². The minimum atomic E-state index is 0.282. The molecular formula is C11H18N2OS. The number of thioether (sulfide) groups is 1. The minimum absolute atomic E-state index is 0.282. The molecule has 1 aromatic rings. The van der Waals surface area contributed by atoms with Crippen molar-refractivity contribution in [2.75, 3.05) is 5.75 Å². The van der Waals surface area contributed by atoms with Crippen LogP contribution in [0, 0.1) is 0 Å². The van der Waals surface area contributed by atoms with Gasteiger partial charge in [-0.3, -0.25) is 9.48 Å². The van der Waals surface area contributed by atoms with Crippen LogP contribution in [-0.2, 0) is 17.8 Å². The monoisotopic (exact) mass is 226 g/mol. The number of ketones is 1. The highest BCUT2D eigenvalue weighted by Gasteiger charge is 2.06. The van der Waals surface area contributed by atoms with E-state index in [1.807, 2.05) is 17.8 Å². The number of Topliss-reactive ketones (excluding diaryl/α,β-unsaturated/α-hetero) is 1. The summed E-state index contributed by atoms with van der Waals surface area (Å²) >= 11 is 1.69. The molecule has 15 heavy (non-hydrogen) atoms. The fraction of sp³-hybridized carbons (Fsp3) is 0.636. The van der Waals surface area contributed by atoms with Crippen LogP contribution < -0.4 is 0 Å². The van der Waals surface area contributed by atoms with E-state index in [0.717, 1.165) is 12.1 Å². The number of rotatable bonds is 6. The Morgan fingerprint density at radius 3 is 2.87 bits per heavy atom. The topological polar surface area (TPSA) is 34.9 Å². The Morgan fingerprint density at radius 2 is 2.33 bits per heavy atom. The molecule has 3 nitrogen and oxygen atoms in total. The molecule has 0 radical (unpaired) electrons. The molecule has 0 aliphatic carbocycles. The first kappa shape index (κ1) is 12.3. The van der Waals surface area contributed by atoms with Crippen molar-refractivity contribution in [3.8, 4) is 0 Å². The third kappa shape index (κ3) is 4.51. The van der Waals surface area contributed by atoms with Gasteiger partial charge in [0.1, 0.15) is 5.78 Å². The van der Waals surface area contributed by atoms with Gasteiger partial charge in [-0.25, -0.2) is 0 Å². The van der Waals surface area contributed by atoms with Crippen LogP contribution in [0.25, 0.3) is 0 Å². The van der Waals surface area contributed by atoms with Crippen LogP contribution in [0.15, 0.2) is 12.4 Å². The van der Waals surface area contributed by atoms with Gasteiger partial charge in [0.05, 0.1) is 11.9 Å². The van der Waals surface area contributed by atoms with E-state index >= 15 is 0 Å². The van der Waals surface area contributed by atoms with Crippen LogP contribution in [0.3, 0.4) is 0 Å². The molecule has 0 fully saturated rings. The van der Waals surface area contributed by atoms with Gasteiger partial charge in [0, 0.05) is 19.2 Å². The van der Waals surface area contributed by atoms with Crippen molar-refractivity contribution in [2.24, 2.45) is 0 Å². The zero-order valence-electron chi connectivity index (χ0n) is 9.56. The Balaban J connectivity index is 2.37. The van der Waals surface area contributed by atoms with Gasteiger partial charge in [0.15, 0.2) is 0 Å². The van der Waals surface area contributed by atoms with Crippen LogP contribution in [0.2, 0.25) is 0 Å². The quantitative estimate of drug-likeness (QED) is 0.745. The average molecular weight is 226 g/mol. The first-order valence-electron chi connectivity index (χ1n) is 5.26. The number of carbonyl (C=O) groups excluding carboxylic acids is 1. The summed E-state index contributed by atoms with van der Waals surface area (Å²) in [4.78, 5) is 11.6. The Bertz CT molecular complexity index is 320. The third-order valence-corrected chi connectivity index (χ3v) is 3.14. The lowest BCUT2D eigenvalue weighted by molar-refractivity contribution is -0.116. The van der Waals surface area contributed by atoms with Crippen LogP contribution in [0.1, 0.15) is 26.3 Å². The smallest absolute Gasteiger partial charge is 0.147 e. The van der Waals surface area contributed by atoms with E-state index in [0.29, 0.717) is 17.4 Å². The molecule has 0 saturated carbocycles. The molecule has 0 spiro atoms. The van der Waals surface area contributed by atoms with Crippen LogP contribution in [0.4, 0.5) is 0 Å². The second-order valence-electron chi connectivity index (χ2n) is 3.78. The number of nitrogens with zero attached hydrogens (tertiary/aromatic N) is 2. The Morgan fingerprint density at radius 1 is 1.60 bits per heavy atom. The normalized spacial score (nSPS) is 10.9. The molecular weight excluding hydrogens is 208 g/mol. The highest BCUT2D eigenvalue weighted by molar-refractivity contribution is 8.00. The predicted molar refractivity (Wildman–Crippen MR) is 64.2 cm³/mol. The van der Waals surface area contributed by atoms with E-state index in [1.54, 1.807) is 18.0 Å². The van der Waals surface area contributed by atoms with Crippen LogP contribution in [0.5, 0.6) is 0 Å². The van der Waals surface area contributed by atoms with E-state index in [2.05, 4.69) is 18.9 Å². The zero-order chi connectivity index (χ0) is 11.3. The van der Waals surface area contributed by atoms with Gasteiger partial charge < -0.3 is 0 Å². The van der Waals surface area contributed by atoms with Crippen molar-refractivity contribution < 1.29 is 4.79 Å². The standard InChI is InChI=1S/C11H18N2OS/c1-4-13-7-10(6-12-13)5-11(14)8-15-9(2)3/h6-7,9H,4-5,8H2,1-3H3. The number of aryl methyl sites for hydroxylation is 1. The van der Waals surface area contributed by atoms with E-state index < -0.39 is 0 Å². The minimum Gasteiger partial charge on any atom is -0.298 e. The summed E-state index contributed by atoms with van der Waals surface area (Å²) in [6, 6.07) is 0. The van der Waals surface area contributed by atoms with Gasteiger partial charge in [0.2, 0.25) is 0 Å². The van der Waals surface area contributed by atoms with Crippen LogP contribution in [-0.4, -0.2) is 26.6 Å².